The molecule has 2 aromatic carbocycles. The van der Waals surface area contributed by atoms with E-state index in [-0.39, 0.29) is 17.5 Å². The molecule has 1 aliphatic heterocycles. The van der Waals surface area contributed by atoms with Crippen molar-refractivity contribution in [1.82, 2.24) is 10.2 Å². The highest BCUT2D eigenvalue weighted by atomic mass is 19.1. The third-order valence-corrected chi connectivity index (χ3v) is 5.92. The van der Waals surface area contributed by atoms with Crippen LogP contribution in [-0.2, 0) is 11.2 Å². The molecular formula is C26H26FN3O4. The first kappa shape index (κ1) is 23.2. The quantitative estimate of drug-likeness (QED) is 0.544. The molecule has 34 heavy (non-hydrogen) atoms. The van der Waals surface area contributed by atoms with Crippen molar-refractivity contribution in [2.45, 2.75) is 19.4 Å². The third kappa shape index (κ3) is 5.33. The number of furan rings is 1. The Morgan fingerprint density at radius 1 is 1.00 bits per heavy atom. The van der Waals surface area contributed by atoms with E-state index in [4.69, 9.17) is 4.42 Å². The van der Waals surface area contributed by atoms with Crippen LogP contribution in [0.4, 0.5) is 10.1 Å². The van der Waals surface area contributed by atoms with Crippen molar-refractivity contribution in [3.8, 4) is 0 Å². The van der Waals surface area contributed by atoms with E-state index < -0.39 is 17.8 Å². The first-order valence-electron chi connectivity index (χ1n) is 11.1. The van der Waals surface area contributed by atoms with Crippen molar-refractivity contribution >= 4 is 23.3 Å². The highest BCUT2D eigenvalue weighted by Crippen LogP contribution is 2.23. The molecule has 0 unspecified atom stereocenters. The lowest BCUT2D eigenvalue weighted by Crippen LogP contribution is -2.55. The predicted octanol–water partition coefficient (Wildman–Crippen LogP) is 3.31. The van der Waals surface area contributed by atoms with Crippen LogP contribution in [0.25, 0.3) is 0 Å². The molecule has 8 heteroatoms. The molecule has 1 saturated heterocycles. The van der Waals surface area contributed by atoms with Gasteiger partial charge in [-0.15, -0.1) is 0 Å². The van der Waals surface area contributed by atoms with Crippen LogP contribution in [0.1, 0.15) is 33.4 Å². The van der Waals surface area contributed by atoms with Gasteiger partial charge in [0.2, 0.25) is 5.91 Å². The fourth-order valence-corrected chi connectivity index (χ4v) is 4.06. The molecule has 1 N–H and O–H groups in total. The lowest BCUT2D eigenvalue weighted by molar-refractivity contribution is -0.133. The first-order valence-corrected chi connectivity index (χ1v) is 11.1. The maximum absolute atomic E-state index is 14.6. The van der Waals surface area contributed by atoms with Crippen molar-refractivity contribution < 1.29 is 23.2 Å². The van der Waals surface area contributed by atoms with E-state index >= 15 is 0 Å². The van der Waals surface area contributed by atoms with Gasteiger partial charge in [-0.05, 0) is 42.8 Å². The number of hydrogen-bond acceptors (Lipinski definition) is 5. The van der Waals surface area contributed by atoms with Gasteiger partial charge < -0.3 is 19.5 Å². The van der Waals surface area contributed by atoms with Crippen LogP contribution in [0.3, 0.4) is 0 Å². The minimum absolute atomic E-state index is 0.139. The normalized spacial score (nSPS) is 14.5. The topological polar surface area (TPSA) is 82.9 Å². The van der Waals surface area contributed by atoms with Gasteiger partial charge in [0.05, 0.1) is 12.0 Å². The summed E-state index contributed by atoms with van der Waals surface area (Å²) in [6.45, 7) is 3.04. The standard InChI is InChI=1S/C26H26FN3O4/c1-18(31)20-9-10-23(21(27)17-20)29-11-13-30(14-12-29)26(33)22(16-19-6-3-2-4-7-19)28-25(32)24-8-5-15-34-24/h2-10,15,17,22H,11-14,16H2,1H3,(H,28,32)/t22-/m0/s1. The second-order valence-electron chi connectivity index (χ2n) is 8.23. The van der Waals surface area contributed by atoms with E-state index in [1.54, 1.807) is 29.2 Å². The number of nitrogens with zero attached hydrogens (tertiary/aromatic N) is 2. The van der Waals surface area contributed by atoms with E-state index in [9.17, 15) is 18.8 Å². The summed E-state index contributed by atoms with van der Waals surface area (Å²) in [5, 5.41) is 2.80. The van der Waals surface area contributed by atoms with Crippen LogP contribution in [0, 0.1) is 5.82 Å². The van der Waals surface area contributed by atoms with E-state index in [0.717, 1.165) is 5.56 Å². The summed E-state index contributed by atoms with van der Waals surface area (Å²) in [7, 11) is 0. The van der Waals surface area contributed by atoms with Crippen molar-refractivity contribution in [2.75, 3.05) is 31.1 Å². The summed E-state index contributed by atoms with van der Waals surface area (Å²) in [6, 6.07) is 16.3. The second-order valence-corrected chi connectivity index (χ2v) is 8.23. The van der Waals surface area contributed by atoms with E-state index in [1.807, 2.05) is 35.2 Å². The molecule has 2 amide bonds. The monoisotopic (exact) mass is 463 g/mol. The van der Waals surface area contributed by atoms with E-state index in [2.05, 4.69) is 5.32 Å². The Balaban J connectivity index is 1.44. The van der Waals surface area contributed by atoms with Crippen LogP contribution in [-0.4, -0.2) is 54.7 Å². The summed E-state index contributed by atoms with van der Waals surface area (Å²) in [5.41, 5.74) is 1.65. The Labute approximate surface area is 197 Å². The highest BCUT2D eigenvalue weighted by Gasteiger charge is 2.30. The summed E-state index contributed by atoms with van der Waals surface area (Å²) in [4.78, 5) is 41.0. The zero-order valence-corrected chi connectivity index (χ0v) is 18.9. The molecule has 0 aliphatic carbocycles. The van der Waals surface area contributed by atoms with Gasteiger partial charge in [0.25, 0.3) is 5.91 Å². The Bertz CT molecular complexity index is 1160. The molecule has 4 rings (SSSR count). The Morgan fingerprint density at radius 3 is 2.35 bits per heavy atom. The number of hydrogen-bond donors (Lipinski definition) is 1. The van der Waals surface area contributed by atoms with Gasteiger partial charge >= 0.3 is 0 Å². The molecule has 1 fully saturated rings. The highest BCUT2D eigenvalue weighted by molar-refractivity contribution is 5.96. The number of anilines is 1. The summed E-state index contributed by atoms with van der Waals surface area (Å²) in [5.74, 6) is -1.16. The first-order chi connectivity index (χ1) is 16.4. The van der Waals surface area contributed by atoms with E-state index in [0.29, 0.717) is 43.9 Å². The average molecular weight is 464 g/mol. The lowest BCUT2D eigenvalue weighted by atomic mass is 10.0. The fourth-order valence-electron chi connectivity index (χ4n) is 4.06. The number of piperazine rings is 1. The van der Waals surface area contributed by atoms with E-state index in [1.165, 1.54) is 19.3 Å². The molecule has 1 aliphatic rings. The van der Waals surface area contributed by atoms with Gasteiger partial charge in [0.1, 0.15) is 11.9 Å². The maximum atomic E-state index is 14.6. The molecule has 2 heterocycles. The van der Waals surface area contributed by atoms with Crippen LogP contribution >= 0.6 is 0 Å². The number of nitrogens with one attached hydrogen (secondary N) is 1. The molecule has 0 bridgehead atoms. The van der Waals surface area contributed by atoms with Crippen LogP contribution in [0.5, 0.6) is 0 Å². The van der Waals surface area contributed by atoms with Crippen molar-refractivity contribution in [2.24, 2.45) is 0 Å². The third-order valence-electron chi connectivity index (χ3n) is 5.92. The Hall–Kier alpha value is -3.94. The van der Waals surface area contributed by atoms with Gasteiger partial charge in [-0.3, -0.25) is 14.4 Å². The minimum atomic E-state index is -0.766. The minimum Gasteiger partial charge on any atom is -0.459 e. The summed E-state index contributed by atoms with van der Waals surface area (Å²) < 4.78 is 19.7. The zero-order valence-electron chi connectivity index (χ0n) is 18.9. The van der Waals surface area contributed by atoms with Gasteiger partial charge in [0, 0.05) is 38.2 Å². The molecule has 1 atom stereocenters. The number of amides is 2. The summed E-state index contributed by atoms with van der Waals surface area (Å²) >= 11 is 0. The van der Waals surface area contributed by atoms with Crippen molar-refractivity contribution in [3.05, 3.63) is 89.6 Å². The van der Waals surface area contributed by atoms with Crippen LogP contribution in [0.15, 0.2) is 71.3 Å². The summed E-state index contributed by atoms with van der Waals surface area (Å²) in [6.07, 6.45) is 1.75. The smallest absolute Gasteiger partial charge is 0.287 e. The molecule has 7 nitrogen and oxygen atoms in total. The molecular weight excluding hydrogens is 437 g/mol. The number of rotatable bonds is 7. The molecule has 3 aromatic rings. The number of carbonyl (C=O) groups is 3. The fraction of sp³-hybridized carbons (Fsp3) is 0.269. The number of benzene rings is 2. The van der Waals surface area contributed by atoms with Gasteiger partial charge in [-0.1, -0.05) is 30.3 Å². The Kier molecular flexibility index (Phi) is 7.06. The number of ketones is 1. The lowest BCUT2D eigenvalue weighted by Gasteiger charge is -2.37. The molecule has 176 valence electrons. The van der Waals surface area contributed by atoms with Crippen molar-refractivity contribution in [3.63, 3.8) is 0 Å². The molecule has 0 radical (unpaired) electrons. The van der Waals surface area contributed by atoms with Crippen LogP contribution in [0.2, 0.25) is 0 Å². The van der Waals surface area contributed by atoms with Gasteiger partial charge in [0.15, 0.2) is 11.5 Å². The average Bonchev–Trinajstić information content (AvgIpc) is 3.39. The second kappa shape index (κ2) is 10.3. The number of Topliss-reactive ketones (excluding diaryl/α,β-unsaturated/α-hetero) is 1. The SMILES string of the molecule is CC(=O)c1ccc(N2CCN(C(=O)[C@H](Cc3ccccc3)NC(=O)c3ccco3)CC2)c(F)c1. The van der Waals surface area contributed by atoms with Gasteiger partial charge in [-0.2, -0.15) is 0 Å². The van der Waals surface area contributed by atoms with Gasteiger partial charge in [-0.25, -0.2) is 4.39 Å². The molecule has 0 saturated carbocycles. The molecule has 1 aromatic heterocycles. The Morgan fingerprint density at radius 2 is 1.74 bits per heavy atom. The zero-order chi connectivity index (χ0) is 24.1. The number of carbonyl (C=O) groups excluding carboxylic acids is 3. The van der Waals surface area contributed by atoms with Crippen LogP contribution < -0.4 is 10.2 Å². The number of halogens is 1. The maximum Gasteiger partial charge on any atom is 0.287 e. The predicted molar refractivity (Wildman–Crippen MR) is 125 cm³/mol. The molecule has 0 spiro atoms. The largest absolute Gasteiger partial charge is 0.459 e. The van der Waals surface area contributed by atoms with Crippen molar-refractivity contribution in [1.29, 1.82) is 0 Å².